The lowest BCUT2D eigenvalue weighted by molar-refractivity contribution is -0.137. The Balaban J connectivity index is 1.28. The summed E-state index contributed by atoms with van der Waals surface area (Å²) < 4.78 is 39.0. The number of amides is 1. The molecule has 0 aromatic heterocycles. The first-order valence-corrected chi connectivity index (χ1v) is 11.1. The van der Waals surface area contributed by atoms with E-state index in [1.165, 1.54) is 12.1 Å². The standard InChI is InChI=1S/C26H26F3N3O2/c27-26(28,29)21-2-1-3-23(18-21)32-16-14-31(15-17-32)22-8-6-20(7-9-22)25(34)30-13-12-19-4-10-24(33)11-5-19/h1-11,18,33H,12-17H2,(H,30,34). The van der Waals surface area contributed by atoms with E-state index in [1.54, 1.807) is 30.3 Å². The van der Waals surface area contributed by atoms with E-state index in [0.29, 0.717) is 50.4 Å². The lowest BCUT2D eigenvalue weighted by atomic mass is 10.1. The van der Waals surface area contributed by atoms with Gasteiger partial charge in [0.1, 0.15) is 5.75 Å². The Morgan fingerprint density at radius 1 is 0.853 bits per heavy atom. The van der Waals surface area contributed by atoms with Gasteiger partial charge in [-0.25, -0.2) is 0 Å². The summed E-state index contributed by atoms with van der Waals surface area (Å²) in [5, 5.41) is 12.2. The van der Waals surface area contributed by atoms with Gasteiger partial charge in [0.2, 0.25) is 0 Å². The average Bonchev–Trinajstić information content (AvgIpc) is 2.85. The van der Waals surface area contributed by atoms with Crippen molar-refractivity contribution in [2.24, 2.45) is 0 Å². The van der Waals surface area contributed by atoms with E-state index in [9.17, 15) is 23.1 Å². The van der Waals surface area contributed by atoms with Gasteiger partial charge in [-0.1, -0.05) is 18.2 Å². The number of hydrogen-bond donors (Lipinski definition) is 2. The van der Waals surface area contributed by atoms with E-state index in [-0.39, 0.29) is 11.7 Å². The number of phenolic OH excluding ortho intramolecular Hbond substituents is 1. The summed E-state index contributed by atoms with van der Waals surface area (Å²) >= 11 is 0. The SMILES string of the molecule is O=C(NCCc1ccc(O)cc1)c1ccc(N2CCN(c3cccc(C(F)(F)F)c3)CC2)cc1. The molecule has 0 saturated carbocycles. The van der Waals surface area contributed by atoms with Crippen LogP contribution in [0.3, 0.4) is 0 Å². The van der Waals surface area contributed by atoms with E-state index >= 15 is 0 Å². The predicted octanol–water partition coefficient (Wildman–Crippen LogP) is 4.71. The van der Waals surface area contributed by atoms with Gasteiger partial charge >= 0.3 is 6.18 Å². The highest BCUT2D eigenvalue weighted by Gasteiger charge is 2.31. The van der Waals surface area contributed by atoms with E-state index in [1.807, 2.05) is 29.2 Å². The topological polar surface area (TPSA) is 55.8 Å². The third-order valence-electron chi connectivity index (χ3n) is 5.95. The molecule has 1 saturated heterocycles. The van der Waals surface area contributed by atoms with Crippen molar-refractivity contribution in [3.05, 3.63) is 89.5 Å². The summed E-state index contributed by atoms with van der Waals surface area (Å²) in [7, 11) is 0. The molecule has 178 valence electrons. The van der Waals surface area contributed by atoms with Crippen LogP contribution in [-0.2, 0) is 12.6 Å². The van der Waals surface area contributed by atoms with Crippen LogP contribution in [0.4, 0.5) is 24.5 Å². The van der Waals surface area contributed by atoms with Crippen molar-refractivity contribution in [3.8, 4) is 5.75 Å². The summed E-state index contributed by atoms with van der Waals surface area (Å²) in [4.78, 5) is 16.5. The minimum atomic E-state index is -4.35. The molecule has 3 aromatic carbocycles. The van der Waals surface area contributed by atoms with Crippen molar-refractivity contribution < 1.29 is 23.1 Å². The second-order valence-electron chi connectivity index (χ2n) is 8.24. The van der Waals surface area contributed by atoms with Crippen molar-refractivity contribution in [2.45, 2.75) is 12.6 Å². The molecular weight excluding hydrogens is 443 g/mol. The van der Waals surface area contributed by atoms with Gasteiger partial charge in [0, 0.05) is 49.7 Å². The number of halogens is 3. The number of carbonyl (C=O) groups excluding carboxylic acids is 1. The first-order chi connectivity index (χ1) is 16.3. The first kappa shape index (κ1) is 23.5. The fourth-order valence-corrected chi connectivity index (χ4v) is 4.01. The fourth-order valence-electron chi connectivity index (χ4n) is 4.01. The third kappa shape index (κ3) is 5.81. The molecule has 0 aliphatic carbocycles. The highest BCUT2D eigenvalue weighted by atomic mass is 19.4. The summed E-state index contributed by atoms with van der Waals surface area (Å²) in [5.74, 6) is 0.0599. The van der Waals surface area contributed by atoms with Crippen LogP contribution in [-0.4, -0.2) is 43.7 Å². The lowest BCUT2D eigenvalue weighted by Gasteiger charge is -2.37. The average molecular weight is 470 g/mol. The fraction of sp³-hybridized carbons (Fsp3) is 0.269. The van der Waals surface area contributed by atoms with Crippen molar-refractivity contribution in [2.75, 3.05) is 42.5 Å². The van der Waals surface area contributed by atoms with Gasteiger partial charge in [-0.3, -0.25) is 4.79 Å². The Bertz CT molecular complexity index is 1110. The van der Waals surface area contributed by atoms with Crippen molar-refractivity contribution in [1.82, 2.24) is 5.32 Å². The Morgan fingerprint density at radius 2 is 1.47 bits per heavy atom. The number of hydrogen-bond acceptors (Lipinski definition) is 4. The van der Waals surface area contributed by atoms with E-state index in [4.69, 9.17) is 0 Å². The molecule has 0 radical (unpaired) electrons. The van der Waals surface area contributed by atoms with Crippen molar-refractivity contribution in [1.29, 1.82) is 0 Å². The molecule has 0 spiro atoms. The third-order valence-corrected chi connectivity index (χ3v) is 5.95. The normalized spacial score (nSPS) is 14.2. The van der Waals surface area contributed by atoms with Gasteiger partial charge in [-0.15, -0.1) is 0 Å². The molecule has 1 aliphatic heterocycles. The Kier molecular flexibility index (Phi) is 6.95. The number of rotatable bonds is 6. The molecule has 0 unspecified atom stereocenters. The number of piperazine rings is 1. The van der Waals surface area contributed by atoms with Gasteiger partial charge in [-0.05, 0) is 66.6 Å². The maximum atomic E-state index is 13.0. The van der Waals surface area contributed by atoms with Gasteiger partial charge in [0.25, 0.3) is 5.91 Å². The number of phenols is 1. The molecule has 1 fully saturated rings. The quantitative estimate of drug-likeness (QED) is 0.549. The molecule has 2 N–H and O–H groups in total. The number of anilines is 2. The second kappa shape index (κ2) is 10.1. The summed E-state index contributed by atoms with van der Waals surface area (Å²) in [6.07, 6.45) is -3.68. The van der Waals surface area contributed by atoms with Crippen molar-refractivity contribution >= 4 is 17.3 Å². The highest BCUT2D eigenvalue weighted by molar-refractivity contribution is 5.94. The molecule has 5 nitrogen and oxygen atoms in total. The number of aromatic hydroxyl groups is 1. The number of nitrogens with one attached hydrogen (secondary N) is 1. The Morgan fingerprint density at radius 3 is 2.09 bits per heavy atom. The van der Waals surface area contributed by atoms with Gasteiger partial charge < -0.3 is 20.2 Å². The molecule has 1 amide bonds. The lowest BCUT2D eigenvalue weighted by Crippen LogP contribution is -2.46. The summed E-state index contributed by atoms with van der Waals surface area (Å²) in [5.41, 5.74) is 2.51. The zero-order valence-corrected chi connectivity index (χ0v) is 18.6. The largest absolute Gasteiger partial charge is 0.508 e. The molecule has 0 atom stereocenters. The smallest absolute Gasteiger partial charge is 0.416 e. The molecule has 0 bridgehead atoms. The van der Waals surface area contributed by atoms with E-state index in [2.05, 4.69) is 10.2 Å². The van der Waals surface area contributed by atoms with Crippen LogP contribution in [0.1, 0.15) is 21.5 Å². The van der Waals surface area contributed by atoms with Gasteiger partial charge in [0.15, 0.2) is 0 Å². The first-order valence-electron chi connectivity index (χ1n) is 11.1. The minimum absolute atomic E-state index is 0.153. The summed E-state index contributed by atoms with van der Waals surface area (Å²) in [6, 6.07) is 19.7. The Labute approximate surface area is 196 Å². The number of nitrogens with zero attached hydrogens (tertiary/aromatic N) is 2. The molecule has 1 heterocycles. The molecule has 1 aliphatic rings. The zero-order chi connectivity index (χ0) is 24.1. The van der Waals surface area contributed by atoms with E-state index < -0.39 is 11.7 Å². The van der Waals surface area contributed by atoms with Crippen LogP contribution in [0.15, 0.2) is 72.8 Å². The second-order valence-corrected chi connectivity index (χ2v) is 8.24. The number of benzene rings is 3. The van der Waals surface area contributed by atoms with Crippen LogP contribution in [0.2, 0.25) is 0 Å². The van der Waals surface area contributed by atoms with Crippen LogP contribution < -0.4 is 15.1 Å². The zero-order valence-electron chi connectivity index (χ0n) is 18.6. The van der Waals surface area contributed by atoms with Crippen molar-refractivity contribution in [3.63, 3.8) is 0 Å². The number of alkyl halides is 3. The molecule has 8 heteroatoms. The highest BCUT2D eigenvalue weighted by Crippen LogP contribution is 2.32. The van der Waals surface area contributed by atoms with Crippen LogP contribution in [0.25, 0.3) is 0 Å². The molecule has 3 aromatic rings. The Hall–Kier alpha value is -3.68. The predicted molar refractivity (Wildman–Crippen MR) is 126 cm³/mol. The minimum Gasteiger partial charge on any atom is -0.508 e. The maximum absolute atomic E-state index is 13.0. The van der Waals surface area contributed by atoms with Crippen LogP contribution in [0, 0.1) is 0 Å². The molecule has 4 rings (SSSR count). The monoisotopic (exact) mass is 469 g/mol. The number of carbonyl (C=O) groups is 1. The van der Waals surface area contributed by atoms with Gasteiger partial charge in [0.05, 0.1) is 5.56 Å². The van der Waals surface area contributed by atoms with Gasteiger partial charge in [-0.2, -0.15) is 13.2 Å². The van der Waals surface area contributed by atoms with Crippen LogP contribution >= 0.6 is 0 Å². The summed E-state index contributed by atoms with van der Waals surface area (Å²) in [6.45, 7) is 3.06. The molecule has 34 heavy (non-hydrogen) atoms. The maximum Gasteiger partial charge on any atom is 0.416 e. The van der Waals surface area contributed by atoms with E-state index in [0.717, 1.165) is 17.3 Å². The molecular formula is C26H26F3N3O2. The van der Waals surface area contributed by atoms with Crippen LogP contribution in [0.5, 0.6) is 5.75 Å².